The van der Waals surface area contributed by atoms with Gasteiger partial charge in [0, 0.05) is 0 Å². The van der Waals surface area contributed by atoms with Crippen molar-refractivity contribution < 1.29 is 8.30 Å². The molecule has 16 heavy (non-hydrogen) atoms. The lowest BCUT2D eigenvalue weighted by molar-refractivity contribution is -0.475. The molecule has 1 heterocycles. The Balaban J connectivity index is 3.64. The van der Waals surface area contributed by atoms with Crippen LogP contribution in [0.3, 0.4) is 0 Å². The summed E-state index contributed by atoms with van der Waals surface area (Å²) in [5.41, 5.74) is 0. The van der Waals surface area contributed by atoms with Crippen LogP contribution >= 0.6 is 141 Å². The maximum absolute atomic E-state index is 5.96. The van der Waals surface area contributed by atoms with Gasteiger partial charge in [-0.2, -0.15) is 63.0 Å². The van der Waals surface area contributed by atoms with Gasteiger partial charge < -0.3 is 8.30 Å². The zero-order chi connectivity index (χ0) is 13.2. The number of hydrogen-bond acceptors (Lipinski definition) is 0. The number of hydrogen-bond donors (Lipinski definition) is 0. The predicted octanol–water partition coefficient (Wildman–Crippen LogP) is 7.80. The molecule has 96 valence electrons. The molecule has 1 aliphatic rings. The van der Waals surface area contributed by atoms with Gasteiger partial charge in [-0.15, -0.1) is 0 Å². The van der Waals surface area contributed by atoms with Gasteiger partial charge in [0.15, 0.2) is 0 Å². The molecule has 0 saturated carbocycles. The minimum absolute atomic E-state index is 1.58. The third-order valence-electron chi connectivity index (χ3n) is 1.80. The summed E-state index contributed by atoms with van der Waals surface area (Å²) < 4.78 is -0.269. The Labute approximate surface area is 155 Å². The van der Waals surface area contributed by atoms with Crippen LogP contribution in [-0.2, 0) is 0 Å². The Hall–Kier alpha value is 4.25. The van der Waals surface area contributed by atoms with Crippen molar-refractivity contribution in [1.29, 1.82) is 0 Å². The first-order valence-electron chi connectivity index (χ1n) is 3.32. The zero-order valence-electron chi connectivity index (χ0n) is 6.72. The Kier molecular flexibility index (Phi) is 6.25. The fraction of sp³-hybridized carbons (Fsp3) is 0. The first kappa shape index (κ1) is 18.3. The molecular weight excluding hydrogens is 644 g/mol. The quantitative estimate of drug-likeness (QED) is 0.188. The van der Waals surface area contributed by atoms with Crippen molar-refractivity contribution >= 4 is 149 Å². The van der Waals surface area contributed by atoms with E-state index in [0.717, 1.165) is 0 Å². The van der Waals surface area contributed by atoms with Crippen LogP contribution in [0.1, 0.15) is 0 Å². The smallest absolute Gasteiger partial charge is 0.509 e. The van der Waals surface area contributed by atoms with Gasteiger partial charge >= 0.3 is 8.13 Å². The molecule has 0 bridgehead atoms. The van der Waals surface area contributed by atoms with Gasteiger partial charge in [-0.1, -0.05) is 0 Å². The topological polar surface area (TPSA) is 6.02 Å². The van der Waals surface area contributed by atoms with E-state index in [-0.39, 0.29) is 0 Å². The molecule has 0 aromatic carbocycles. The summed E-state index contributed by atoms with van der Waals surface area (Å²) in [6, 6.07) is 0. The molecule has 0 aliphatic carbocycles. The van der Waals surface area contributed by atoms with E-state index in [0.29, 0.717) is 0 Å². The first-order chi connectivity index (χ1) is 6.73. The van der Waals surface area contributed by atoms with Gasteiger partial charge in [0.1, 0.15) is 0 Å². The van der Waals surface area contributed by atoms with Gasteiger partial charge in [0.25, 0.3) is 10.2 Å². The van der Waals surface area contributed by atoms with Crippen LogP contribution in [0.4, 0.5) is 0 Å². The first-order valence-corrected chi connectivity index (χ1v) is 15.9. The molecule has 0 atom stereocenters. The third-order valence-corrected chi connectivity index (χ3v) is 13.4. The van der Waals surface area contributed by atoms with E-state index < -0.39 is 18.4 Å². The molecule has 0 unspecified atom stereocenters. The van der Waals surface area contributed by atoms with E-state index in [1.165, 1.54) is 0 Å². The van der Waals surface area contributed by atoms with E-state index in [9.17, 15) is 0 Å². The van der Waals surface area contributed by atoms with Crippen LogP contribution < -0.4 is 0 Å². The SMILES string of the molecule is ClP(Cl)(Cl)=[N+]1[B-](Br)(Br)[N+](=P(Cl)(Cl)Cl)[B-]1(Br)Br. The lowest BCUT2D eigenvalue weighted by Gasteiger charge is -2.56. The Morgan fingerprint density at radius 1 is 0.625 bits per heavy atom. The molecule has 1 saturated heterocycles. The van der Waals surface area contributed by atoms with E-state index in [1.54, 1.807) is 8.30 Å². The number of rotatable bonds is 0. The van der Waals surface area contributed by atoms with Gasteiger partial charge in [0.05, 0.1) is 0 Å². The van der Waals surface area contributed by atoms with Crippen molar-refractivity contribution in [3.63, 3.8) is 0 Å². The summed E-state index contributed by atoms with van der Waals surface area (Å²) in [4.78, 5) is 0. The fourth-order valence-corrected chi connectivity index (χ4v) is 27.1. The summed E-state index contributed by atoms with van der Waals surface area (Å²) in [7, 11) is 0. The molecule has 1 fully saturated rings. The second kappa shape index (κ2) is 5.47. The summed E-state index contributed by atoms with van der Waals surface area (Å²) in [5.74, 6) is 0. The van der Waals surface area contributed by atoms with Gasteiger partial charge in [-0.3, -0.25) is 0 Å². The van der Waals surface area contributed by atoms with E-state index in [2.05, 4.69) is 63.0 Å². The highest BCUT2D eigenvalue weighted by Gasteiger charge is 2.70. The molecule has 0 N–H and O–H groups in total. The van der Waals surface area contributed by atoms with E-state index in [1.807, 2.05) is 0 Å². The highest BCUT2D eigenvalue weighted by molar-refractivity contribution is 9.53. The average molecular weight is 644 g/mol. The van der Waals surface area contributed by atoms with Crippen molar-refractivity contribution in [3.8, 4) is 0 Å². The summed E-state index contributed by atoms with van der Waals surface area (Å²) in [6.45, 7) is 0. The Morgan fingerprint density at radius 3 is 0.938 bits per heavy atom. The Morgan fingerprint density at radius 2 is 0.812 bits per heavy atom. The highest BCUT2D eigenvalue weighted by atomic mass is 79.9. The third kappa shape index (κ3) is 3.35. The molecule has 0 aromatic rings. The molecule has 16 heteroatoms. The maximum atomic E-state index is 5.96. The minimum Gasteiger partial charge on any atom is -0.509 e. The second-order valence-electron chi connectivity index (χ2n) is 2.77. The molecule has 1 rings (SSSR count). The molecule has 0 spiro atoms. The largest absolute Gasteiger partial charge is 0.567 e. The normalized spacial score (nSPS) is 24.4. The number of nitrogens with zero attached hydrogens (tertiary/aromatic N) is 2. The summed E-state index contributed by atoms with van der Waals surface area (Å²) >= 11 is 49.2. The van der Waals surface area contributed by atoms with Crippen LogP contribution in [0.25, 0.3) is 0 Å². The second-order valence-corrected chi connectivity index (χ2v) is 24.9. The van der Waals surface area contributed by atoms with Crippen LogP contribution in [0.2, 0.25) is 0 Å². The van der Waals surface area contributed by atoms with E-state index in [4.69, 9.17) is 67.4 Å². The minimum atomic E-state index is -2.85. The fourth-order valence-electron chi connectivity index (χ4n) is 1.23. The predicted molar refractivity (Wildman–Crippen MR) is 96.7 cm³/mol. The van der Waals surface area contributed by atoms with Crippen molar-refractivity contribution in [2.24, 2.45) is 0 Å². The zero-order valence-corrected chi connectivity index (χ0v) is 19.4. The van der Waals surface area contributed by atoms with Gasteiger partial charge in [-0.25, -0.2) is 0 Å². The average Bonchev–Trinajstić information content (AvgIpc) is 1.69. The van der Waals surface area contributed by atoms with Crippen molar-refractivity contribution in [2.45, 2.75) is 0 Å². The molecule has 2 nitrogen and oxygen atoms in total. The number of halogens is 10. The van der Waals surface area contributed by atoms with E-state index >= 15 is 0 Å². The molecular formula is B2Br4Cl6N2P2. The molecule has 1 aliphatic heterocycles. The lowest BCUT2D eigenvalue weighted by atomic mass is 9.82. The summed E-state index contributed by atoms with van der Waals surface area (Å²) in [6.07, 6.45) is 0. The van der Waals surface area contributed by atoms with Gasteiger partial charge in [0.2, 0.25) is 0 Å². The molecule has 0 radical (unpaired) electrons. The van der Waals surface area contributed by atoms with Crippen molar-refractivity contribution in [3.05, 3.63) is 0 Å². The van der Waals surface area contributed by atoms with Crippen LogP contribution in [0, 0.1) is 0 Å². The molecule has 0 aromatic heterocycles. The van der Waals surface area contributed by atoms with Crippen LogP contribution in [-0.4, -0.2) is 16.4 Å². The van der Waals surface area contributed by atoms with Gasteiger partial charge in [-0.05, 0) is 67.4 Å². The highest BCUT2D eigenvalue weighted by Crippen LogP contribution is 2.76. The lowest BCUT2D eigenvalue weighted by Crippen LogP contribution is -2.74. The van der Waals surface area contributed by atoms with Crippen LogP contribution in [0.5, 0.6) is 0 Å². The summed E-state index contributed by atoms with van der Waals surface area (Å²) in [5, 5.41) is -5.70. The standard InChI is InChI=1S/B2Br4Cl6N2P2/c3-1(4)13(15(7,8)9)2(5,6)14(1)16(10,11)12. The maximum Gasteiger partial charge on any atom is 0.567 e. The van der Waals surface area contributed by atoms with Crippen molar-refractivity contribution in [1.82, 2.24) is 0 Å². The van der Waals surface area contributed by atoms with Crippen molar-refractivity contribution in [2.75, 3.05) is 0 Å². The Bertz CT molecular complexity index is 373. The molecule has 0 amide bonds. The van der Waals surface area contributed by atoms with Crippen LogP contribution in [0.15, 0.2) is 0 Å². The monoisotopic (exact) mass is 637 g/mol.